The Balaban J connectivity index is 1.97. The normalized spacial score (nSPS) is 10.9. The molecule has 0 aliphatic carbocycles. The van der Waals surface area contributed by atoms with E-state index in [0.29, 0.717) is 16.4 Å². The molecule has 0 spiro atoms. The number of benzene rings is 1. The summed E-state index contributed by atoms with van der Waals surface area (Å²) >= 11 is 4.78. The Morgan fingerprint density at radius 2 is 2.25 bits per heavy atom. The average Bonchev–Trinajstić information content (AvgIpc) is 2.94. The predicted octanol–water partition coefficient (Wildman–Crippen LogP) is 3.23. The molecule has 102 valence electrons. The van der Waals surface area contributed by atoms with Crippen LogP contribution in [0.25, 0.3) is 10.1 Å². The fraction of sp³-hybridized carbons (Fsp3) is 0.0769. The van der Waals surface area contributed by atoms with Gasteiger partial charge in [-0.1, -0.05) is 15.9 Å². The number of carbonyl (C=O) groups excluding carboxylic acids is 1. The fourth-order valence-electron chi connectivity index (χ4n) is 1.91. The number of nitrogens with two attached hydrogens (primary N) is 1. The summed E-state index contributed by atoms with van der Waals surface area (Å²) in [6.07, 6.45) is 1.76. The van der Waals surface area contributed by atoms with Gasteiger partial charge >= 0.3 is 0 Å². The number of halogens is 1. The van der Waals surface area contributed by atoms with Crippen LogP contribution in [-0.2, 0) is 7.05 Å². The van der Waals surface area contributed by atoms with E-state index in [1.807, 2.05) is 18.2 Å². The van der Waals surface area contributed by atoms with E-state index in [1.54, 1.807) is 24.0 Å². The molecule has 3 aromatic rings. The number of nitrogens with one attached hydrogen (secondary N) is 1. The highest BCUT2D eigenvalue weighted by Gasteiger charge is 2.17. The monoisotopic (exact) mass is 350 g/mol. The molecule has 0 atom stereocenters. The van der Waals surface area contributed by atoms with Gasteiger partial charge < -0.3 is 11.1 Å². The van der Waals surface area contributed by atoms with Gasteiger partial charge in [0.15, 0.2) is 5.82 Å². The van der Waals surface area contributed by atoms with Gasteiger partial charge in [-0.15, -0.1) is 11.3 Å². The highest BCUT2D eigenvalue weighted by Crippen LogP contribution is 2.35. The van der Waals surface area contributed by atoms with Gasteiger partial charge in [0.05, 0.1) is 5.69 Å². The van der Waals surface area contributed by atoms with E-state index in [1.165, 1.54) is 11.3 Å². The first-order chi connectivity index (χ1) is 9.54. The minimum Gasteiger partial charge on any atom is -0.397 e. The quantitative estimate of drug-likeness (QED) is 0.745. The molecule has 0 unspecified atom stereocenters. The molecule has 3 N–H and O–H groups in total. The van der Waals surface area contributed by atoms with Gasteiger partial charge in [0, 0.05) is 33.9 Å². The van der Waals surface area contributed by atoms with E-state index >= 15 is 0 Å². The van der Waals surface area contributed by atoms with Crippen molar-refractivity contribution in [2.45, 2.75) is 0 Å². The van der Waals surface area contributed by atoms with E-state index in [9.17, 15) is 4.79 Å². The molecule has 0 saturated carbocycles. The third-order valence-corrected chi connectivity index (χ3v) is 4.53. The topological polar surface area (TPSA) is 72.9 Å². The zero-order valence-electron chi connectivity index (χ0n) is 10.6. The lowest BCUT2D eigenvalue weighted by molar-refractivity contribution is 0.103. The number of nitrogen functional groups attached to an aromatic ring is 1. The number of aryl methyl sites for hydroxylation is 1. The molecule has 0 saturated heterocycles. The van der Waals surface area contributed by atoms with Crippen molar-refractivity contribution in [3.8, 4) is 0 Å². The number of hydrogen-bond acceptors (Lipinski definition) is 4. The van der Waals surface area contributed by atoms with Crippen molar-refractivity contribution in [2.24, 2.45) is 7.05 Å². The SMILES string of the molecule is Cn1ccc(NC(=O)c2sc3ccc(Br)cc3c2N)n1. The molecule has 2 aromatic heterocycles. The summed E-state index contributed by atoms with van der Waals surface area (Å²) in [5.41, 5.74) is 6.57. The van der Waals surface area contributed by atoms with Crippen LogP contribution in [0.15, 0.2) is 34.9 Å². The maximum absolute atomic E-state index is 12.3. The molecule has 7 heteroatoms. The number of fused-ring (bicyclic) bond motifs is 1. The summed E-state index contributed by atoms with van der Waals surface area (Å²) in [5, 5.41) is 7.74. The third kappa shape index (κ3) is 2.30. The first-order valence-corrected chi connectivity index (χ1v) is 7.44. The van der Waals surface area contributed by atoms with Crippen molar-refractivity contribution in [3.63, 3.8) is 0 Å². The molecule has 0 fully saturated rings. The molecule has 0 bridgehead atoms. The Hall–Kier alpha value is -1.86. The molecule has 1 aromatic carbocycles. The number of anilines is 2. The van der Waals surface area contributed by atoms with Crippen LogP contribution in [0.1, 0.15) is 9.67 Å². The van der Waals surface area contributed by atoms with Gasteiger partial charge in [-0.25, -0.2) is 0 Å². The average molecular weight is 351 g/mol. The molecule has 2 heterocycles. The van der Waals surface area contributed by atoms with Crippen LogP contribution in [0, 0.1) is 0 Å². The first-order valence-electron chi connectivity index (χ1n) is 5.83. The highest BCUT2D eigenvalue weighted by molar-refractivity contribution is 9.10. The molecular weight excluding hydrogens is 340 g/mol. The minimum absolute atomic E-state index is 0.237. The van der Waals surface area contributed by atoms with Crippen molar-refractivity contribution in [3.05, 3.63) is 39.8 Å². The van der Waals surface area contributed by atoms with Gasteiger partial charge in [-0.2, -0.15) is 5.10 Å². The van der Waals surface area contributed by atoms with Crippen LogP contribution in [0.4, 0.5) is 11.5 Å². The highest BCUT2D eigenvalue weighted by atomic mass is 79.9. The summed E-state index contributed by atoms with van der Waals surface area (Å²) in [7, 11) is 1.79. The van der Waals surface area contributed by atoms with Crippen molar-refractivity contribution in [1.82, 2.24) is 9.78 Å². The molecule has 0 aliphatic heterocycles. The second-order valence-electron chi connectivity index (χ2n) is 4.31. The summed E-state index contributed by atoms with van der Waals surface area (Å²) in [4.78, 5) is 12.8. The van der Waals surface area contributed by atoms with Crippen LogP contribution in [0.3, 0.4) is 0 Å². The molecule has 1 amide bonds. The van der Waals surface area contributed by atoms with Crippen molar-refractivity contribution >= 4 is 54.8 Å². The lowest BCUT2D eigenvalue weighted by Gasteiger charge is -2.00. The number of thiophene rings is 1. The molecule has 0 aliphatic rings. The van der Waals surface area contributed by atoms with Gasteiger partial charge in [0.25, 0.3) is 5.91 Å². The largest absolute Gasteiger partial charge is 0.397 e. The first kappa shape index (κ1) is 13.1. The standard InChI is InChI=1S/C13H11BrN4OS/c1-18-5-4-10(17-18)16-13(19)12-11(15)8-6-7(14)2-3-9(8)20-12/h2-6H,15H2,1H3,(H,16,17,19). The lowest BCUT2D eigenvalue weighted by atomic mass is 10.2. The van der Waals surface area contributed by atoms with Crippen molar-refractivity contribution in [1.29, 1.82) is 0 Å². The number of hydrogen-bond donors (Lipinski definition) is 2. The Kier molecular flexibility index (Phi) is 3.23. The second-order valence-corrected chi connectivity index (χ2v) is 6.28. The Bertz CT molecular complexity index is 808. The van der Waals surface area contributed by atoms with E-state index in [-0.39, 0.29) is 5.91 Å². The summed E-state index contributed by atoms with van der Waals surface area (Å²) in [6.45, 7) is 0. The third-order valence-electron chi connectivity index (χ3n) is 2.85. The Morgan fingerprint density at radius 3 is 2.95 bits per heavy atom. The Labute approximate surface area is 127 Å². The summed E-state index contributed by atoms with van der Waals surface area (Å²) in [6, 6.07) is 7.52. The summed E-state index contributed by atoms with van der Waals surface area (Å²) in [5.74, 6) is 0.272. The molecule has 3 rings (SSSR count). The maximum atomic E-state index is 12.3. The van der Waals surface area contributed by atoms with Crippen LogP contribution in [0.2, 0.25) is 0 Å². The Morgan fingerprint density at radius 1 is 1.45 bits per heavy atom. The van der Waals surface area contributed by atoms with Crippen LogP contribution in [-0.4, -0.2) is 15.7 Å². The van der Waals surface area contributed by atoms with E-state index < -0.39 is 0 Å². The zero-order valence-corrected chi connectivity index (χ0v) is 13.0. The number of carbonyl (C=O) groups is 1. The molecule has 20 heavy (non-hydrogen) atoms. The number of nitrogens with zero attached hydrogens (tertiary/aromatic N) is 2. The van der Waals surface area contributed by atoms with E-state index in [0.717, 1.165) is 14.6 Å². The van der Waals surface area contributed by atoms with E-state index in [2.05, 4.69) is 26.3 Å². The van der Waals surface area contributed by atoms with E-state index in [4.69, 9.17) is 5.73 Å². The van der Waals surface area contributed by atoms with Gasteiger partial charge in [0.2, 0.25) is 0 Å². The fourth-order valence-corrected chi connectivity index (χ4v) is 3.27. The van der Waals surface area contributed by atoms with Crippen LogP contribution < -0.4 is 11.1 Å². The van der Waals surface area contributed by atoms with Crippen molar-refractivity contribution < 1.29 is 4.79 Å². The van der Waals surface area contributed by atoms with Crippen molar-refractivity contribution in [2.75, 3.05) is 11.1 Å². The molecule has 0 radical (unpaired) electrons. The number of aromatic nitrogens is 2. The second kappa shape index (κ2) is 4.92. The van der Waals surface area contributed by atoms with Gasteiger partial charge in [0.1, 0.15) is 4.88 Å². The molecule has 5 nitrogen and oxygen atoms in total. The van der Waals surface area contributed by atoms with Crippen LogP contribution >= 0.6 is 27.3 Å². The number of rotatable bonds is 2. The molecular formula is C13H11BrN4OS. The smallest absolute Gasteiger partial charge is 0.269 e. The summed E-state index contributed by atoms with van der Waals surface area (Å²) < 4.78 is 3.55. The maximum Gasteiger partial charge on any atom is 0.269 e. The number of amides is 1. The van der Waals surface area contributed by atoms with Gasteiger partial charge in [-0.3, -0.25) is 9.48 Å². The van der Waals surface area contributed by atoms with Gasteiger partial charge in [-0.05, 0) is 18.2 Å². The predicted molar refractivity (Wildman–Crippen MR) is 85.1 cm³/mol. The lowest BCUT2D eigenvalue weighted by Crippen LogP contribution is -2.12. The zero-order chi connectivity index (χ0) is 14.3. The van der Waals surface area contributed by atoms with Crippen LogP contribution in [0.5, 0.6) is 0 Å². The minimum atomic E-state index is -0.237.